The van der Waals surface area contributed by atoms with Crippen molar-refractivity contribution < 1.29 is 9.21 Å². The molecule has 3 nitrogen and oxygen atoms in total. The molecular weight excluding hydrogens is 310 g/mol. The molecule has 0 spiro atoms. The van der Waals surface area contributed by atoms with E-state index >= 15 is 0 Å². The molecule has 1 heterocycles. The van der Waals surface area contributed by atoms with Crippen molar-refractivity contribution >= 4 is 5.91 Å². The molecule has 136 valence electrons. The Morgan fingerprint density at radius 1 is 1.08 bits per heavy atom. The topological polar surface area (TPSA) is 42.2 Å². The standard InChI is InChI=1S/C22H31NO2/c24-21(22-12-15-8-16(13-22)10-17(9-15)14-22)23-20-6-2-1-4-18(20)11-19-5-3-7-25-19/h3,5,7,15-18,20H,1-2,4,6,8-14H2,(H,23,24)/t15?,16?,17?,18-,20+,22?/m0/s1. The van der Waals surface area contributed by atoms with Gasteiger partial charge < -0.3 is 9.73 Å². The number of nitrogens with one attached hydrogen (secondary N) is 1. The van der Waals surface area contributed by atoms with Crippen molar-refractivity contribution in [2.75, 3.05) is 0 Å². The highest BCUT2D eigenvalue weighted by Gasteiger charge is 2.54. The number of carbonyl (C=O) groups is 1. The molecule has 0 saturated heterocycles. The number of rotatable bonds is 4. The van der Waals surface area contributed by atoms with Gasteiger partial charge in [-0.05, 0) is 87.2 Å². The molecule has 5 aliphatic rings. The summed E-state index contributed by atoms with van der Waals surface area (Å²) in [6, 6.07) is 4.40. The van der Waals surface area contributed by atoms with Gasteiger partial charge in [-0.2, -0.15) is 0 Å². The predicted octanol–water partition coefficient (Wildman–Crippen LogP) is 4.71. The molecule has 0 unspecified atom stereocenters. The lowest BCUT2D eigenvalue weighted by atomic mass is 9.49. The Labute approximate surface area is 150 Å². The Balaban J connectivity index is 1.29. The van der Waals surface area contributed by atoms with Crippen LogP contribution < -0.4 is 5.32 Å². The van der Waals surface area contributed by atoms with E-state index in [1.807, 2.05) is 6.07 Å². The maximum absolute atomic E-state index is 13.4. The molecule has 5 fully saturated rings. The van der Waals surface area contributed by atoms with Crippen LogP contribution in [-0.4, -0.2) is 11.9 Å². The Morgan fingerprint density at radius 2 is 1.76 bits per heavy atom. The number of amides is 1. The third-order valence-electron chi connectivity index (χ3n) is 7.79. The highest BCUT2D eigenvalue weighted by Crippen LogP contribution is 2.60. The molecule has 0 aromatic carbocycles. The van der Waals surface area contributed by atoms with Crippen LogP contribution in [-0.2, 0) is 11.2 Å². The summed E-state index contributed by atoms with van der Waals surface area (Å²) in [5, 5.41) is 3.56. The van der Waals surface area contributed by atoms with Gasteiger partial charge in [0.25, 0.3) is 0 Å². The molecule has 2 atom stereocenters. The number of carbonyl (C=O) groups excluding carboxylic acids is 1. The predicted molar refractivity (Wildman–Crippen MR) is 96.9 cm³/mol. The van der Waals surface area contributed by atoms with Gasteiger partial charge in [0, 0.05) is 17.9 Å². The molecule has 1 amide bonds. The van der Waals surface area contributed by atoms with Crippen LogP contribution in [0.4, 0.5) is 0 Å². The summed E-state index contributed by atoms with van der Waals surface area (Å²) in [4.78, 5) is 13.4. The molecule has 0 radical (unpaired) electrons. The third kappa shape index (κ3) is 2.94. The number of hydrogen-bond acceptors (Lipinski definition) is 2. The molecule has 0 aliphatic heterocycles. The Kier molecular flexibility index (Phi) is 3.94. The lowest BCUT2D eigenvalue weighted by molar-refractivity contribution is -0.147. The fourth-order valence-electron chi connectivity index (χ4n) is 7.04. The first-order valence-corrected chi connectivity index (χ1v) is 10.5. The first-order chi connectivity index (χ1) is 12.2. The van der Waals surface area contributed by atoms with E-state index in [2.05, 4.69) is 11.4 Å². The molecule has 5 saturated carbocycles. The van der Waals surface area contributed by atoms with E-state index in [0.717, 1.165) is 36.4 Å². The highest BCUT2D eigenvalue weighted by molar-refractivity contribution is 5.83. The van der Waals surface area contributed by atoms with E-state index in [9.17, 15) is 4.79 Å². The van der Waals surface area contributed by atoms with Gasteiger partial charge in [0.1, 0.15) is 5.76 Å². The summed E-state index contributed by atoms with van der Waals surface area (Å²) < 4.78 is 5.58. The highest BCUT2D eigenvalue weighted by atomic mass is 16.3. The fourth-order valence-corrected chi connectivity index (χ4v) is 7.04. The summed E-state index contributed by atoms with van der Waals surface area (Å²) in [5.74, 6) is 4.52. The summed E-state index contributed by atoms with van der Waals surface area (Å²) >= 11 is 0. The Morgan fingerprint density at radius 3 is 2.40 bits per heavy atom. The fraction of sp³-hybridized carbons (Fsp3) is 0.773. The first-order valence-electron chi connectivity index (χ1n) is 10.5. The molecule has 1 N–H and O–H groups in total. The van der Waals surface area contributed by atoms with Crippen LogP contribution in [0.25, 0.3) is 0 Å². The van der Waals surface area contributed by atoms with Crippen molar-refractivity contribution in [1.29, 1.82) is 0 Å². The summed E-state index contributed by atoms with van der Waals surface area (Å²) in [7, 11) is 0. The minimum absolute atomic E-state index is 0.0125. The average Bonchev–Trinajstić information content (AvgIpc) is 3.08. The van der Waals surface area contributed by atoms with Crippen molar-refractivity contribution in [2.24, 2.45) is 29.1 Å². The van der Waals surface area contributed by atoms with E-state index in [0.29, 0.717) is 17.9 Å². The van der Waals surface area contributed by atoms with Gasteiger partial charge in [0.2, 0.25) is 5.91 Å². The van der Waals surface area contributed by atoms with Crippen molar-refractivity contribution in [3.63, 3.8) is 0 Å². The van der Waals surface area contributed by atoms with Crippen LogP contribution >= 0.6 is 0 Å². The summed E-state index contributed by atoms with van der Waals surface area (Å²) in [6.45, 7) is 0. The Bertz CT molecular complexity index is 585. The van der Waals surface area contributed by atoms with E-state index in [1.54, 1.807) is 6.26 Å². The zero-order valence-corrected chi connectivity index (χ0v) is 15.2. The van der Waals surface area contributed by atoms with Gasteiger partial charge in [-0.25, -0.2) is 0 Å². The minimum atomic E-state index is -0.0125. The van der Waals surface area contributed by atoms with E-state index in [1.165, 1.54) is 57.8 Å². The molecule has 1 aromatic rings. The van der Waals surface area contributed by atoms with Gasteiger partial charge in [-0.1, -0.05) is 12.8 Å². The SMILES string of the molecule is O=C(N[C@@H]1CCCC[C@H]1Cc1ccco1)C12CC3CC(CC(C3)C1)C2. The summed E-state index contributed by atoms with van der Waals surface area (Å²) in [6.07, 6.45) is 15.3. The maximum atomic E-state index is 13.4. The third-order valence-corrected chi connectivity index (χ3v) is 7.79. The molecule has 6 rings (SSSR count). The van der Waals surface area contributed by atoms with Crippen molar-refractivity contribution in [3.8, 4) is 0 Å². The van der Waals surface area contributed by atoms with Gasteiger partial charge in [0.15, 0.2) is 0 Å². The van der Waals surface area contributed by atoms with Crippen molar-refractivity contribution in [1.82, 2.24) is 5.32 Å². The molecular formula is C22H31NO2. The van der Waals surface area contributed by atoms with Crippen LogP contribution in [0.15, 0.2) is 22.8 Å². The smallest absolute Gasteiger partial charge is 0.226 e. The Hall–Kier alpha value is -1.25. The number of furan rings is 1. The largest absolute Gasteiger partial charge is 0.469 e. The minimum Gasteiger partial charge on any atom is -0.469 e. The van der Waals surface area contributed by atoms with Crippen LogP contribution in [0.2, 0.25) is 0 Å². The second-order valence-corrected chi connectivity index (χ2v) is 9.61. The van der Waals surface area contributed by atoms with Crippen molar-refractivity contribution in [3.05, 3.63) is 24.2 Å². The molecule has 5 aliphatic carbocycles. The molecule has 25 heavy (non-hydrogen) atoms. The first kappa shape index (κ1) is 16.0. The van der Waals surface area contributed by atoms with E-state index in [4.69, 9.17) is 4.42 Å². The quantitative estimate of drug-likeness (QED) is 0.861. The van der Waals surface area contributed by atoms with E-state index < -0.39 is 0 Å². The van der Waals surface area contributed by atoms with Crippen LogP contribution in [0.3, 0.4) is 0 Å². The second kappa shape index (κ2) is 6.17. The normalized spacial score (nSPS) is 42.5. The van der Waals surface area contributed by atoms with Gasteiger partial charge in [-0.15, -0.1) is 0 Å². The van der Waals surface area contributed by atoms with Crippen LogP contribution in [0.1, 0.15) is 70.0 Å². The average molecular weight is 341 g/mol. The number of hydrogen-bond donors (Lipinski definition) is 1. The molecule has 3 heteroatoms. The molecule has 1 aromatic heterocycles. The second-order valence-electron chi connectivity index (χ2n) is 9.61. The van der Waals surface area contributed by atoms with Crippen LogP contribution in [0.5, 0.6) is 0 Å². The van der Waals surface area contributed by atoms with Gasteiger partial charge in [-0.3, -0.25) is 4.79 Å². The van der Waals surface area contributed by atoms with Gasteiger partial charge >= 0.3 is 0 Å². The lowest BCUT2D eigenvalue weighted by Crippen LogP contribution is -2.56. The summed E-state index contributed by atoms with van der Waals surface area (Å²) in [5.41, 5.74) is -0.0125. The zero-order valence-electron chi connectivity index (χ0n) is 15.2. The van der Waals surface area contributed by atoms with E-state index in [-0.39, 0.29) is 5.41 Å². The van der Waals surface area contributed by atoms with Gasteiger partial charge in [0.05, 0.1) is 6.26 Å². The van der Waals surface area contributed by atoms with Crippen molar-refractivity contribution in [2.45, 2.75) is 76.7 Å². The maximum Gasteiger partial charge on any atom is 0.226 e. The molecule has 4 bridgehead atoms. The lowest BCUT2D eigenvalue weighted by Gasteiger charge is -2.56. The zero-order chi connectivity index (χ0) is 16.9. The monoisotopic (exact) mass is 341 g/mol. The van der Waals surface area contributed by atoms with Crippen LogP contribution in [0, 0.1) is 29.1 Å².